The number of urea groups is 1. The smallest absolute Gasteiger partial charge is 0.319 e. The second-order valence-corrected chi connectivity index (χ2v) is 6.95. The molecule has 0 aliphatic heterocycles. The largest absolute Gasteiger partial charge is 0.492 e. The van der Waals surface area contributed by atoms with Gasteiger partial charge in [0, 0.05) is 0 Å². The fraction of sp³-hybridized carbons (Fsp3) is 0.208. The zero-order chi connectivity index (χ0) is 20.7. The Kier molecular flexibility index (Phi) is 6.52. The molecule has 150 valence electrons. The molecule has 0 aromatic heterocycles. The minimum Gasteiger partial charge on any atom is -0.492 e. The van der Waals surface area contributed by atoms with Gasteiger partial charge in [-0.05, 0) is 42.7 Å². The van der Waals surface area contributed by atoms with Gasteiger partial charge in [0.25, 0.3) is 0 Å². The second-order valence-electron chi connectivity index (χ2n) is 6.95. The standard InChI is InChI=1S/C24H26N2O3/c1-3-29-22-12-8-7-11-21(22)26-23(27)25-17-24(2,28)20-15-13-19(14-16-20)18-9-5-4-6-10-18/h4-16,28H,3,17H2,1-2H3,(H2,25,26,27)/t24-/m0/s1. The van der Waals surface area contributed by atoms with E-state index >= 15 is 0 Å². The van der Waals surface area contributed by atoms with Crippen molar-refractivity contribution < 1.29 is 14.6 Å². The molecule has 0 unspecified atom stereocenters. The van der Waals surface area contributed by atoms with Crippen molar-refractivity contribution in [1.29, 1.82) is 0 Å². The summed E-state index contributed by atoms with van der Waals surface area (Å²) in [5.41, 5.74) is 2.30. The Bertz CT molecular complexity index is 938. The summed E-state index contributed by atoms with van der Waals surface area (Å²) < 4.78 is 5.51. The number of carbonyl (C=O) groups is 1. The molecule has 3 rings (SSSR count). The van der Waals surface area contributed by atoms with E-state index in [1.807, 2.05) is 73.7 Å². The number of rotatable bonds is 7. The van der Waals surface area contributed by atoms with Crippen LogP contribution in [0.1, 0.15) is 19.4 Å². The molecule has 0 heterocycles. The lowest BCUT2D eigenvalue weighted by Crippen LogP contribution is -2.40. The lowest BCUT2D eigenvalue weighted by Gasteiger charge is -2.25. The van der Waals surface area contributed by atoms with Gasteiger partial charge in [-0.25, -0.2) is 4.79 Å². The van der Waals surface area contributed by atoms with Crippen LogP contribution in [-0.2, 0) is 5.60 Å². The summed E-state index contributed by atoms with van der Waals surface area (Å²) in [5, 5.41) is 16.3. The summed E-state index contributed by atoms with van der Waals surface area (Å²) in [4.78, 5) is 12.3. The molecule has 0 saturated carbocycles. The summed E-state index contributed by atoms with van der Waals surface area (Å²) in [5.74, 6) is 0.605. The molecule has 5 heteroatoms. The quantitative estimate of drug-likeness (QED) is 0.544. The number of amides is 2. The predicted octanol–water partition coefficient (Wildman–Crippen LogP) is 4.78. The Morgan fingerprint density at radius 2 is 1.55 bits per heavy atom. The first-order valence-electron chi connectivity index (χ1n) is 9.64. The van der Waals surface area contributed by atoms with Crippen molar-refractivity contribution in [1.82, 2.24) is 5.32 Å². The van der Waals surface area contributed by atoms with Crippen LogP contribution in [0.15, 0.2) is 78.9 Å². The molecule has 3 N–H and O–H groups in total. The Morgan fingerprint density at radius 1 is 0.931 bits per heavy atom. The number of para-hydroxylation sites is 2. The van der Waals surface area contributed by atoms with Gasteiger partial charge in [0.1, 0.15) is 11.4 Å². The molecular formula is C24H26N2O3. The molecule has 0 saturated heterocycles. The maximum Gasteiger partial charge on any atom is 0.319 e. The average molecular weight is 390 g/mol. The van der Waals surface area contributed by atoms with Crippen molar-refractivity contribution in [2.24, 2.45) is 0 Å². The van der Waals surface area contributed by atoms with Crippen LogP contribution in [-0.4, -0.2) is 24.3 Å². The summed E-state index contributed by atoms with van der Waals surface area (Å²) in [7, 11) is 0. The SMILES string of the molecule is CCOc1ccccc1NC(=O)NC[C@](C)(O)c1ccc(-c2ccccc2)cc1. The highest BCUT2D eigenvalue weighted by molar-refractivity contribution is 5.90. The van der Waals surface area contributed by atoms with Crippen molar-refractivity contribution in [3.05, 3.63) is 84.4 Å². The lowest BCUT2D eigenvalue weighted by atomic mass is 9.94. The summed E-state index contributed by atoms with van der Waals surface area (Å²) in [6, 6.07) is 24.6. The Morgan fingerprint density at radius 3 is 2.24 bits per heavy atom. The fourth-order valence-electron chi connectivity index (χ4n) is 3.02. The van der Waals surface area contributed by atoms with Crippen molar-refractivity contribution in [2.75, 3.05) is 18.5 Å². The van der Waals surface area contributed by atoms with Gasteiger partial charge < -0.3 is 20.5 Å². The molecule has 0 fully saturated rings. The summed E-state index contributed by atoms with van der Waals surface area (Å²) in [6.45, 7) is 4.14. The van der Waals surface area contributed by atoms with E-state index in [-0.39, 0.29) is 6.54 Å². The van der Waals surface area contributed by atoms with E-state index < -0.39 is 11.6 Å². The number of hydrogen-bond acceptors (Lipinski definition) is 3. The molecule has 0 aliphatic rings. The third-order valence-corrected chi connectivity index (χ3v) is 4.64. The maximum atomic E-state index is 12.3. The highest BCUT2D eigenvalue weighted by Crippen LogP contribution is 2.26. The zero-order valence-corrected chi connectivity index (χ0v) is 16.7. The van der Waals surface area contributed by atoms with E-state index in [0.717, 1.165) is 16.7 Å². The molecule has 2 amide bonds. The van der Waals surface area contributed by atoms with Crippen LogP contribution in [0.2, 0.25) is 0 Å². The molecule has 3 aromatic rings. The van der Waals surface area contributed by atoms with Crippen molar-refractivity contribution >= 4 is 11.7 Å². The number of ether oxygens (including phenoxy) is 1. The van der Waals surface area contributed by atoms with Crippen LogP contribution in [0.3, 0.4) is 0 Å². The number of hydrogen-bond donors (Lipinski definition) is 3. The van der Waals surface area contributed by atoms with Crippen molar-refractivity contribution in [3.8, 4) is 16.9 Å². The summed E-state index contributed by atoms with van der Waals surface area (Å²) in [6.07, 6.45) is 0. The van der Waals surface area contributed by atoms with Crippen LogP contribution < -0.4 is 15.4 Å². The third-order valence-electron chi connectivity index (χ3n) is 4.64. The summed E-state index contributed by atoms with van der Waals surface area (Å²) >= 11 is 0. The fourth-order valence-corrected chi connectivity index (χ4v) is 3.02. The van der Waals surface area contributed by atoms with Gasteiger partial charge in [-0.15, -0.1) is 0 Å². The van der Waals surface area contributed by atoms with Crippen LogP contribution >= 0.6 is 0 Å². The van der Waals surface area contributed by atoms with Gasteiger partial charge in [-0.1, -0.05) is 66.7 Å². The average Bonchev–Trinajstić information content (AvgIpc) is 2.75. The lowest BCUT2D eigenvalue weighted by molar-refractivity contribution is 0.0600. The highest BCUT2D eigenvalue weighted by Gasteiger charge is 2.24. The van der Waals surface area contributed by atoms with Gasteiger partial charge in [-0.2, -0.15) is 0 Å². The first-order chi connectivity index (χ1) is 14.0. The molecule has 29 heavy (non-hydrogen) atoms. The monoisotopic (exact) mass is 390 g/mol. The molecular weight excluding hydrogens is 364 g/mol. The van der Waals surface area contributed by atoms with E-state index in [1.165, 1.54) is 0 Å². The molecule has 3 aromatic carbocycles. The molecule has 0 aliphatic carbocycles. The van der Waals surface area contributed by atoms with Gasteiger partial charge in [-0.3, -0.25) is 0 Å². The normalized spacial score (nSPS) is 12.7. The number of benzene rings is 3. The molecule has 1 atom stereocenters. The molecule has 0 radical (unpaired) electrons. The first-order valence-corrected chi connectivity index (χ1v) is 9.64. The van der Waals surface area contributed by atoms with Gasteiger partial charge in [0.05, 0.1) is 18.8 Å². The molecule has 5 nitrogen and oxygen atoms in total. The highest BCUT2D eigenvalue weighted by atomic mass is 16.5. The number of nitrogens with one attached hydrogen (secondary N) is 2. The number of aliphatic hydroxyl groups is 1. The van der Waals surface area contributed by atoms with Crippen molar-refractivity contribution in [3.63, 3.8) is 0 Å². The van der Waals surface area contributed by atoms with E-state index in [0.29, 0.717) is 18.0 Å². The van der Waals surface area contributed by atoms with E-state index in [9.17, 15) is 9.90 Å². The topological polar surface area (TPSA) is 70.6 Å². The minimum atomic E-state index is -1.20. The van der Waals surface area contributed by atoms with E-state index in [4.69, 9.17) is 4.74 Å². The zero-order valence-electron chi connectivity index (χ0n) is 16.7. The Labute approximate surface area is 171 Å². The van der Waals surface area contributed by atoms with Gasteiger partial charge in [0.15, 0.2) is 0 Å². The Hall–Kier alpha value is -3.31. The van der Waals surface area contributed by atoms with Crippen LogP contribution in [0.25, 0.3) is 11.1 Å². The number of carbonyl (C=O) groups excluding carboxylic acids is 1. The van der Waals surface area contributed by atoms with E-state index in [1.54, 1.807) is 19.1 Å². The predicted molar refractivity (Wildman–Crippen MR) is 116 cm³/mol. The second kappa shape index (κ2) is 9.26. The van der Waals surface area contributed by atoms with Gasteiger partial charge >= 0.3 is 6.03 Å². The maximum absolute atomic E-state index is 12.3. The third kappa shape index (κ3) is 5.36. The molecule has 0 spiro atoms. The van der Waals surface area contributed by atoms with Crippen LogP contribution in [0.4, 0.5) is 10.5 Å². The van der Waals surface area contributed by atoms with E-state index in [2.05, 4.69) is 10.6 Å². The van der Waals surface area contributed by atoms with Crippen LogP contribution in [0.5, 0.6) is 5.75 Å². The minimum absolute atomic E-state index is 0.0698. The van der Waals surface area contributed by atoms with Crippen LogP contribution in [0, 0.1) is 0 Å². The Balaban J connectivity index is 1.61. The molecule has 0 bridgehead atoms. The van der Waals surface area contributed by atoms with Crippen molar-refractivity contribution in [2.45, 2.75) is 19.4 Å². The van der Waals surface area contributed by atoms with Gasteiger partial charge in [0.2, 0.25) is 0 Å². The number of anilines is 1. The first kappa shape index (κ1) is 20.4.